The van der Waals surface area contributed by atoms with Crippen LogP contribution in [0.5, 0.6) is 0 Å². The van der Waals surface area contributed by atoms with Crippen LogP contribution in [-0.4, -0.2) is 54.8 Å². The maximum Gasteiger partial charge on any atom is 0.190 e. The first-order valence-corrected chi connectivity index (χ1v) is 8.88. The van der Waals surface area contributed by atoms with E-state index in [9.17, 15) is 5.11 Å². The van der Waals surface area contributed by atoms with Crippen molar-refractivity contribution < 1.29 is 28.8 Å². The van der Waals surface area contributed by atoms with Crippen molar-refractivity contribution in [1.82, 2.24) is 0 Å². The second-order valence-electron chi connectivity index (χ2n) is 6.95. The van der Waals surface area contributed by atoms with Gasteiger partial charge in [0.05, 0.1) is 12.7 Å². The smallest absolute Gasteiger partial charge is 0.190 e. The second-order valence-corrected chi connectivity index (χ2v) is 6.95. The van der Waals surface area contributed by atoms with E-state index in [1.165, 1.54) is 0 Å². The standard InChI is InChI=1S/C19H28O6/c1-5-21-11-14(22-12(2)13-9-7-6-8-10-13)16-15(20)17-18(23-16)25-19(3,4)24-17/h6-10,12,14-18,20H,5,11H2,1-4H3/t12?,14?,15?,16-,17?,18-/m1/s1. The van der Waals surface area contributed by atoms with Crippen LogP contribution in [0, 0.1) is 0 Å². The third-order valence-corrected chi connectivity index (χ3v) is 4.55. The van der Waals surface area contributed by atoms with Gasteiger partial charge >= 0.3 is 0 Å². The van der Waals surface area contributed by atoms with E-state index >= 15 is 0 Å². The van der Waals surface area contributed by atoms with Crippen LogP contribution in [0.4, 0.5) is 0 Å². The molecule has 2 aliphatic heterocycles. The zero-order chi connectivity index (χ0) is 18.0. The van der Waals surface area contributed by atoms with E-state index in [-0.39, 0.29) is 6.10 Å². The van der Waals surface area contributed by atoms with Gasteiger partial charge in [0.25, 0.3) is 0 Å². The summed E-state index contributed by atoms with van der Waals surface area (Å²) in [7, 11) is 0. The first-order chi connectivity index (χ1) is 11.9. The lowest BCUT2D eigenvalue weighted by atomic mass is 10.1. The highest BCUT2D eigenvalue weighted by molar-refractivity contribution is 5.17. The van der Waals surface area contributed by atoms with Crippen molar-refractivity contribution in [3.05, 3.63) is 35.9 Å². The summed E-state index contributed by atoms with van der Waals surface area (Å²) in [6.45, 7) is 8.41. The fourth-order valence-electron chi connectivity index (χ4n) is 3.33. The van der Waals surface area contributed by atoms with Gasteiger partial charge in [0.15, 0.2) is 12.1 Å². The largest absolute Gasteiger partial charge is 0.387 e. The van der Waals surface area contributed by atoms with E-state index in [0.29, 0.717) is 13.2 Å². The highest BCUT2D eigenvalue weighted by atomic mass is 16.8. The van der Waals surface area contributed by atoms with E-state index < -0.39 is 36.5 Å². The molecule has 1 aromatic rings. The lowest BCUT2D eigenvalue weighted by Crippen LogP contribution is -2.44. The predicted octanol–water partition coefficient (Wildman–Crippen LogP) is 2.41. The normalized spacial score (nSPS) is 33.2. The average molecular weight is 352 g/mol. The molecule has 0 bridgehead atoms. The van der Waals surface area contributed by atoms with Crippen LogP contribution in [0.1, 0.15) is 39.4 Å². The Kier molecular flexibility index (Phi) is 5.78. The van der Waals surface area contributed by atoms with E-state index in [1.54, 1.807) is 0 Å². The van der Waals surface area contributed by atoms with E-state index in [0.717, 1.165) is 5.56 Å². The van der Waals surface area contributed by atoms with Crippen LogP contribution in [0.2, 0.25) is 0 Å². The molecule has 140 valence electrons. The summed E-state index contributed by atoms with van der Waals surface area (Å²) in [5, 5.41) is 10.7. The van der Waals surface area contributed by atoms with Crippen LogP contribution in [0.25, 0.3) is 0 Å². The molecular formula is C19H28O6. The number of benzene rings is 1. The molecule has 0 radical (unpaired) electrons. The monoisotopic (exact) mass is 352 g/mol. The molecule has 0 aromatic heterocycles. The van der Waals surface area contributed by atoms with Crippen LogP contribution in [0.3, 0.4) is 0 Å². The van der Waals surface area contributed by atoms with Crippen LogP contribution >= 0.6 is 0 Å². The molecule has 6 heteroatoms. The number of hydrogen-bond acceptors (Lipinski definition) is 6. The Hall–Kier alpha value is -1.02. The molecule has 25 heavy (non-hydrogen) atoms. The second kappa shape index (κ2) is 7.70. The van der Waals surface area contributed by atoms with E-state index in [4.69, 9.17) is 23.7 Å². The van der Waals surface area contributed by atoms with Crippen molar-refractivity contribution in [1.29, 1.82) is 0 Å². The van der Waals surface area contributed by atoms with Crippen molar-refractivity contribution in [3.8, 4) is 0 Å². The molecule has 2 aliphatic rings. The maximum atomic E-state index is 10.7. The summed E-state index contributed by atoms with van der Waals surface area (Å²) in [6.07, 6.45) is -3.08. The zero-order valence-electron chi connectivity index (χ0n) is 15.3. The Bertz CT molecular complexity index is 548. The number of fused-ring (bicyclic) bond motifs is 1. The Morgan fingerprint density at radius 1 is 1.20 bits per heavy atom. The molecule has 6 atom stereocenters. The van der Waals surface area contributed by atoms with Crippen molar-refractivity contribution in [2.75, 3.05) is 13.2 Å². The summed E-state index contributed by atoms with van der Waals surface area (Å²) >= 11 is 0. The number of ether oxygens (including phenoxy) is 5. The number of aliphatic hydroxyl groups is 1. The molecule has 1 N–H and O–H groups in total. The molecule has 6 nitrogen and oxygen atoms in total. The Balaban J connectivity index is 1.69. The van der Waals surface area contributed by atoms with Crippen molar-refractivity contribution in [2.45, 2.75) is 70.3 Å². The number of aliphatic hydroxyl groups excluding tert-OH is 1. The predicted molar refractivity (Wildman–Crippen MR) is 90.9 cm³/mol. The quantitative estimate of drug-likeness (QED) is 0.813. The third kappa shape index (κ3) is 4.22. The van der Waals surface area contributed by atoms with E-state index in [1.807, 2.05) is 58.0 Å². The number of rotatable bonds is 7. The van der Waals surface area contributed by atoms with Gasteiger partial charge in [-0.1, -0.05) is 30.3 Å². The SMILES string of the molecule is CCOCC(OC(C)c1ccccc1)[C@H]1O[C@@H]2OC(C)(C)OC2C1O. The van der Waals surface area contributed by atoms with Gasteiger partial charge in [-0.3, -0.25) is 0 Å². The minimum atomic E-state index is -0.833. The van der Waals surface area contributed by atoms with Gasteiger partial charge in [0.2, 0.25) is 0 Å². The Morgan fingerprint density at radius 3 is 2.56 bits per heavy atom. The first kappa shape index (κ1) is 18.8. The van der Waals surface area contributed by atoms with Crippen LogP contribution in [-0.2, 0) is 23.7 Å². The van der Waals surface area contributed by atoms with Gasteiger partial charge in [-0.15, -0.1) is 0 Å². The first-order valence-electron chi connectivity index (χ1n) is 8.88. The summed E-state index contributed by atoms with van der Waals surface area (Å²) in [6, 6.07) is 9.94. The fraction of sp³-hybridized carbons (Fsp3) is 0.684. The molecule has 2 heterocycles. The van der Waals surface area contributed by atoms with Gasteiger partial charge in [-0.25, -0.2) is 0 Å². The maximum absolute atomic E-state index is 10.7. The van der Waals surface area contributed by atoms with Crippen LogP contribution in [0.15, 0.2) is 30.3 Å². The lowest BCUT2D eigenvalue weighted by Gasteiger charge is -2.30. The molecule has 0 amide bonds. The highest BCUT2D eigenvalue weighted by Crippen LogP contribution is 2.39. The topological polar surface area (TPSA) is 66.4 Å². The van der Waals surface area contributed by atoms with Gasteiger partial charge in [-0.05, 0) is 33.3 Å². The molecule has 2 saturated heterocycles. The minimum absolute atomic E-state index is 0.152. The minimum Gasteiger partial charge on any atom is -0.387 e. The average Bonchev–Trinajstić information content (AvgIpc) is 3.05. The van der Waals surface area contributed by atoms with E-state index in [2.05, 4.69) is 0 Å². The summed E-state index contributed by atoms with van der Waals surface area (Å²) in [5.41, 5.74) is 1.06. The lowest BCUT2D eigenvalue weighted by molar-refractivity contribution is -0.235. The van der Waals surface area contributed by atoms with Crippen LogP contribution < -0.4 is 0 Å². The molecule has 3 rings (SSSR count). The highest BCUT2D eigenvalue weighted by Gasteiger charge is 2.56. The van der Waals surface area contributed by atoms with Gasteiger partial charge in [0.1, 0.15) is 24.4 Å². The van der Waals surface area contributed by atoms with Crippen molar-refractivity contribution in [2.24, 2.45) is 0 Å². The molecule has 2 fully saturated rings. The Labute approximate surface area is 149 Å². The molecule has 0 saturated carbocycles. The summed E-state index contributed by atoms with van der Waals surface area (Å²) in [5.74, 6) is -0.755. The van der Waals surface area contributed by atoms with Crippen molar-refractivity contribution in [3.63, 3.8) is 0 Å². The summed E-state index contributed by atoms with van der Waals surface area (Å²) in [4.78, 5) is 0. The number of hydrogen-bond donors (Lipinski definition) is 1. The molecule has 1 aromatic carbocycles. The molecular weight excluding hydrogens is 324 g/mol. The van der Waals surface area contributed by atoms with Gasteiger partial charge in [-0.2, -0.15) is 0 Å². The molecule has 0 spiro atoms. The zero-order valence-corrected chi connectivity index (χ0v) is 15.3. The third-order valence-electron chi connectivity index (χ3n) is 4.55. The fourth-order valence-corrected chi connectivity index (χ4v) is 3.33. The van der Waals surface area contributed by atoms with Gasteiger partial charge < -0.3 is 28.8 Å². The molecule has 4 unspecified atom stereocenters. The summed E-state index contributed by atoms with van der Waals surface area (Å²) < 4.78 is 29.2. The van der Waals surface area contributed by atoms with Crippen molar-refractivity contribution >= 4 is 0 Å². The van der Waals surface area contributed by atoms with Gasteiger partial charge in [0, 0.05) is 6.61 Å². The Morgan fingerprint density at radius 2 is 1.92 bits per heavy atom. The molecule has 0 aliphatic carbocycles.